The molecule has 2 rings (SSSR count). The molecule has 0 aliphatic rings. The van der Waals surface area contributed by atoms with Gasteiger partial charge >= 0.3 is 0 Å². The Morgan fingerprint density at radius 1 is 1.13 bits per heavy atom. The number of amides is 1. The Bertz CT molecular complexity index is 660. The Balaban J connectivity index is 1.72. The van der Waals surface area contributed by atoms with E-state index in [9.17, 15) is 13.6 Å². The smallest absolute Gasteiger partial charge is 0.222 e. The average molecular weight is 320 g/mol. The number of hydrogen-bond acceptors (Lipinski definition) is 3. The number of anilines is 1. The highest BCUT2D eigenvalue weighted by Crippen LogP contribution is 2.14. The van der Waals surface area contributed by atoms with E-state index in [1.807, 2.05) is 24.3 Å². The highest BCUT2D eigenvalue weighted by molar-refractivity contribution is 5.76. The lowest BCUT2D eigenvalue weighted by atomic mass is 10.2. The first-order chi connectivity index (χ1) is 11.1. The summed E-state index contributed by atoms with van der Waals surface area (Å²) < 4.78 is 31.2. The predicted molar refractivity (Wildman–Crippen MR) is 84.3 cm³/mol. The van der Waals surface area contributed by atoms with Crippen molar-refractivity contribution >= 4 is 11.6 Å². The Morgan fingerprint density at radius 3 is 2.52 bits per heavy atom. The summed E-state index contributed by atoms with van der Waals surface area (Å²) in [4.78, 5) is 11.7. The van der Waals surface area contributed by atoms with Gasteiger partial charge in [0.05, 0.1) is 12.8 Å². The largest absolute Gasteiger partial charge is 0.497 e. The number of halogens is 2. The Kier molecular flexibility index (Phi) is 5.91. The van der Waals surface area contributed by atoms with E-state index in [1.165, 1.54) is 6.07 Å². The van der Waals surface area contributed by atoms with E-state index in [0.717, 1.165) is 23.4 Å². The number of rotatable bonds is 7. The molecule has 0 aromatic heterocycles. The van der Waals surface area contributed by atoms with E-state index >= 15 is 0 Å². The van der Waals surface area contributed by atoms with Crippen LogP contribution in [0.15, 0.2) is 42.5 Å². The first-order valence-electron chi connectivity index (χ1n) is 7.17. The molecule has 0 radical (unpaired) electrons. The van der Waals surface area contributed by atoms with Crippen LogP contribution in [0.5, 0.6) is 5.75 Å². The minimum Gasteiger partial charge on any atom is -0.497 e. The first kappa shape index (κ1) is 16.7. The molecular weight excluding hydrogens is 302 g/mol. The molecule has 4 nitrogen and oxygen atoms in total. The molecule has 0 aliphatic heterocycles. The summed E-state index contributed by atoms with van der Waals surface area (Å²) >= 11 is 0. The van der Waals surface area contributed by atoms with Gasteiger partial charge in [-0.25, -0.2) is 8.78 Å². The van der Waals surface area contributed by atoms with Crippen LogP contribution >= 0.6 is 0 Å². The maximum absolute atomic E-state index is 13.4. The van der Waals surface area contributed by atoms with Crippen LogP contribution in [0.3, 0.4) is 0 Å². The van der Waals surface area contributed by atoms with Crippen LogP contribution in [0.25, 0.3) is 0 Å². The van der Waals surface area contributed by atoms with Crippen molar-refractivity contribution in [3.63, 3.8) is 0 Å². The van der Waals surface area contributed by atoms with Crippen molar-refractivity contribution < 1.29 is 18.3 Å². The van der Waals surface area contributed by atoms with Crippen LogP contribution in [-0.4, -0.2) is 19.6 Å². The van der Waals surface area contributed by atoms with Crippen molar-refractivity contribution in [1.82, 2.24) is 5.32 Å². The third-order valence-electron chi connectivity index (χ3n) is 3.25. The SMILES string of the molecule is COc1ccc(CNC(=O)CCNc2ccc(F)cc2F)cc1. The minimum atomic E-state index is -0.677. The quantitative estimate of drug-likeness (QED) is 0.824. The molecule has 0 bridgehead atoms. The molecule has 122 valence electrons. The van der Waals surface area contributed by atoms with Crippen molar-refractivity contribution in [2.45, 2.75) is 13.0 Å². The summed E-state index contributed by atoms with van der Waals surface area (Å²) in [5.74, 6) is -0.713. The summed E-state index contributed by atoms with van der Waals surface area (Å²) in [5.41, 5.74) is 1.13. The van der Waals surface area contributed by atoms with Crippen LogP contribution in [-0.2, 0) is 11.3 Å². The molecule has 6 heteroatoms. The Labute approximate surface area is 133 Å². The van der Waals surface area contributed by atoms with Gasteiger partial charge in [0.25, 0.3) is 0 Å². The van der Waals surface area contributed by atoms with E-state index in [1.54, 1.807) is 7.11 Å². The van der Waals surface area contributed by atoms with Crippen LogP contribution in [0.2, 0.25) is 0 Å². The van der Waals surface area contributed by atoms with Crippen LogP contribution in [0.1, 0.15) is 12.0 Å². The number of carbonyl (C=O) groups excluding carboxylic acids is 1. The van der Waals surface area contributed by atoms with E-state index < -0.39 is 11.6 Å². The standard InChI is InChI=1S/C17H18F2N2O2/c1-23-14-5-2-12(3-6-14)11-21-17(22)8-9-20-16-7-4-13(18)10-15(16)19/h2-7,10,20H,8-9,11H2,1H3,(H,21,22). The van der Waals surface area contributed by atoms with Crippen molar-refractivity contribution in [3.05, 3.63) is 59.7 Å². The molecule has 0 atom stereocenters. The molecule has 0 heterocycles. The fourth-order valence-corrected chi connectivity index (χ4v) is 1.98. The number of benzene rings is 2. The highest BCUT2D eigenvalue weighted by atomic mass is 19.1. The van der Waals surface area contributed by atoms with Gasteiger partial charge in [-0.1, -0.05) is 12.1 Å². The molecule has 0 unspecified atom stereocenters. The minimum absolute atomic E-state index is 0.157. The molecule has 2 N–H and O–H groups in total. The van der Waals surface area contributed by atoms with Crippen molar-refractivity contribution in [1.29, 1.82) is 0 Å². The molecule has 0 spiro atoms. The zero-order chi connectivity index (χ0) is 16.7. The normalized spacial score (nSPS) is 10.2. The molecule has 2 aromatic carbocycles. The van der Waals surface area contributed by atoms with Gasteiger partial charge in [0.15, 0.2) is 0 Å². The van der Waals surface area contributed by atoms with Crippen LogP contribution in [0.4, 0.5) is 14.5 Å². The summed E-state index contributed by atoms with van der Waals surface area (Å²) in [5, 5.41) is 5.54. The second kappa shape index (κ2) is 8.12. The fraction of sp³-hybridized carbons (Fsp3) is 0.235. The van der Waals surface area contributed by atoms with Gasteiger partial charge in [-0.15, -0.1) is 0 Å². The number of nitrogens with one attached hydrogen (secondary N) is 2. The molecular formula is C17H18F2N2O2. The van der Waals surface area contributed by atoms with E-state index in [-0.39, 0.29) is 24.6 Å². The first-order valence-corrected chi connectivity index (χ1v) is 7.17. The second-order valence-corrected chi connectivity index (χ2v) is 4.93. The van der Waals surface area contributed by atoms with E-state index in [0.29, 0.717) is 6.54 Å². The Morgan fingerprint density at radius 2 is 1.87 bits per heavy atom. The van der Waals surface area contributed by atoms with Gasteiger partial charge in [-0.05, 0) is 29.8 Å². The lowest BCUT2D eigenvalue weighted by Crippen LogP contribution is -2.24. The lowest BCUT2D eigenvalue weighted by molar-refractivity contribution is -0.121. The molecule has 0 aliphatic carbocycles. The Hall–Kier alpha value is -2.63. The van der Waals surface area contributed by atoms with Gasteiger partial charge in [-0.2, -0.15) is 0 Å². The van der Waals surface area contributed by atoms with Gasteiger partial charge in [0, 0.05) is 25.6 Å². The lowest BCUT2D eigenvalue weighted by Gasteiger charge is -2.09. The van der Waals surface area contributed by atoms with Gasteiger partial charge in [0.2, 0.25) is 5.91 Å². The summed E-state index contributed by atoms with van der Waals surface area (Å²) in [6.07, 6.45) is 0.187. The number of ether oxygens (including phenoxy) is 1. The van der Waals surface area contributed by atoms with Gasteiger partial charge in [-0.3, -0.25) is 4.79 Å². The van der Waals surface area contributed by atoms with Gasteiger partial charge < -0.3 is 15.4 Å². The maximum atomic E-state index is 13.4. The molecule has 0 saturated carbocycles. The highest BCUT2D eigenvalue weighted by Gasteiger charge is 2.05. The van der Waals surface area contributed by atoms with Crippen molar-refractivity contribution in [2.75, 3.05) is 19.0 Å². The average Bonchev–Trinajstić information content (AvgIpc) is 2.55. The fourth-order valence-electron chi connectivity index (χ4n) is 1.98. The maximum Gasteiger partial charge on any atom is 0.222 e. The second-order valence-electron chi connectivity index (χ2n) is 4.93. The number of methoxy groups -OCH3 is 1. The summed E-state index contributed by atoms with van der Waals surface area (Å²) in [6, 6.07) is 10.6. The van der Waals surface area contributed by atoms with E-state index in [4.69, 9.17) is 4.74 Å². The van der Waals surface area contributed by atoms with Crippen molar-refractivity contribution in [2.24, 2.45) is 0 Å². The van der Waals surface area contributed by atoms with Crippen LogP contribution < -0.4 is 15.4 Å². The van der Waals surface area contributed by atoms with Gasteiger partial charge in [0.1, 0.15) is 17.4 Å². The topological polar surface area (TPSA) is 50.4 Å². The molecule has 1 amide bonds. The zero-order valence-electron chi connectivity index (χ0n) is 12.7. The monoisotopic (exact) mass is 320 g/mol. The predicted octanol–water partition coefficient (Wildman–Crippen LogP) is 3.09. The number of carbonyl (C=O) groups is 1. The third-order valence-corrected chi connectivity index (χ3v) is 3.25. The van der Waals surface area contributed by atoms with E-state index in [2.05, 4.69) is 10.6 Å². The molecule has 23 heavy (non-hydrogen) atoms. The summed E-state index contributed by atoms with van der Waals surface area (Å²) in [7, 11) is 1.59. The molecule has 0 fully saturated rings. The molecule has 0 saturated heterocycles. The molecule has 2 aromatic rings. The zero-order valence-corrected chi connectivity index (χ0v) is 12.7. The third kappa shape index (κ3) is 5.25. The summed E-state index contributed by atoms with van der Waals surface area (Å²) in [6.45, 7) is 0.671. The van der Waals surface area contributed by atoms with Crippen LogP contribution in [0, 0.1) is 11.6 Å². The number of hydrogen-bond donors (Lipinski definition) is 2. The van der Waals surface area contributed by atoms with Crippen molar-refractivity contribution in [3.8, 4) is 5.75 Å².